The van der Waals surface area contributed by atoms with Gasteiger partial charge in [0.15, 0.2) is 0 Å². The van der Waals surface area contributed by atoms with Gasteiger partial charge in [0.2, 0.25) is 5.29 Å². The fourth-order valence-corrected chi connectivity index (χ4v) is 1.99. The highest BCUT2D eigenvalue weighted by molar-refractivity contribution is 7.98. The first kappa shape index (κ1) is 7.95. The third-order valence-corrected chi connectivity index (χ3v) is 2.97. The summed E-state index contributed by atoms with van der Waals surface area (Å²) >= 11 is 7.26. The second-order valence-corrected chi connectivity index (χ2v) is 3.62. The fourth-order valence-electron chi connectivity index (χ4n) is 1.06. The van der Waals surface area contributed by atoms with Gasteiger partial charge >= 0.3 is 0 Å². The Morgan fingerprint density at radius 2 is 2.17 bits per heavy atom. The number of hydrogen-bond acceptors (Lipinski definition) is 3. The third kappa shape index (κ3) is 1.19. The van der Waals surface area contributed by atoms with E-state index in [9.17, 15) is 0 Å². The second-order valence-electron chi connectivity index (χ2n) is 2.48. The van der Waals surface area contributed by atoms with Crippen molar-refractivity contribution in [2.24, 2.45) is 4.40 Å². The van der Waals surface area contributed by atoms with Crippen molar-refractivity contribution in [2.45, 2.75) is 4.90 Å². The highest BCUT2D eigenvalue weighted by Crippen LogP contribution is 2.34. The van der Waals surface area contributed by atoms with E-state index in [-0.39, 0.29) is 0 Å². The van der Waals surface area contributed by atoms with Gasteiger partial charge in [-0.25, -0.2) is 0 Å². The molecule has 0 spiro atoms. The number of nitrogens with zero attached hydrogens (tertiary/aromatic N) is 2. The Morgan fingerprint density at radius 3 is 3.00 bits per heavy atom. The summed E-state index contributed by atoms with van der Waals surface area (Å²) in [4.78, 5) is 3.01. The standard InChI is InChI=1S/C8H7ClN2S/c1-11-6-4-2-3-5-7(6)12-10-8(11)9/h2-5H,1H3. The average molecular weight is 199 g/mol. The van der Waals surface area contributed by atoms with E-state index < -0.39 is 0 Å². The predicted octanol–water partition coefficient (Wildman–Crippen LogP) is 2.74. The van der Waals surface area contributed by atoms with Crippen molar-refractivity contribution in [1.29, 1.82) is 0 Å². The molecule has 0 aliphatic carbocycles. The lowest BCUT2D eigenvalue weighted by molar-refractivity contribution is 1.21. The lowest BCUT2D eigenvalue weighted by Gasteiger charge is -2.22. The molecule has 1 aliphatic heterocycles. The Labute approximate surface area is 80.4 Å². The predicted molar refractivity (Wildman–Crippen MR) is 54.0 cm³/mol. The Morgan fingerprint density at radius 1 is 1.42 bits per heavy atom. The molecule has 0 saturated heterocycles. The second kappa shape index (κ2) is 2.99. The quantitative estimate of drug-likeness (QED) is 0.471. The summed E-state index contributed by atoms with van der Waals surface area (Å²) in [6, 6.07) is 8.04. The molecule has 0 saturated carbocycles. The van der Waals surface area contributed by atoms with Crippen molar-refractivity contribution in [1.82, 2.24) is 0 Å². The molecule has 1 aromatic rings. The van der Waals surface area contributed by atoms with Crippen LogP contribution in [-0.2, 0) is 0 Å². The first-order chi connectivity index (χ1) is 5.79. The Kier molecular flexibility index (Phi) is 1.98. The number of fused-ring (bicyclic) bond motifs is 1. The number of halogens is 1. The minimum absolute atomic E-state index is 0.527. The van der Waals surface area contributed by atoms with E-state index in [2.05, 4.69) is 4.40 Å². The molecule has 2 rings (SSSR count). The molecule has 1 aliphatic rings. The molecule has 2 nitrogen and oxygen atoms in total. The fraction of sp³-hybridized carbons (Fsp3) is 0.125. The van der Waals surface area contributed by atoms with E-state index in [1.165, 1.54) is 11.9 Å². The summed E-state index contributed by atoms with van der Waals surface area (Å²) in [6.45, 7) is 0. The smallest absolute Gasteiger partial charge is 0.210 e. The Balaban J connectivity index is 2.49. The zero-order chi connectivity index (χ0) is 8.55. The van der Waals surface area contributed by atoms with Crippen molar-refractivity contribution >= 4 is 34.5 Å². The van der Waals surface area contributed by atoms with E-state index in [4.69, 9.17) is 11.6 Å². The maximum Gasteiger partial charge on any atom is 0.210 e. The van der Waals surface area contributed by atoms with Gasteiger partial charge in [-0.3, -0.25) is 0 Å². The van der Waals surface area contributed by atoms with E-state index in [0.29, 0.717) is 5.29 Å². The lowest BCUT2D eigenvalue weighted by atomic mass is 10.3. The van der Waals surface area contributed by atoms with Crippen molar-refractivity contribution in [2.75, 3.05) is 11.9 Å². The van der Waals surface area contributed by atoms with Crippen LogP contribution in [0.1, 0.15) is 0 Å². The van der Waals surface area contributed by atoms with Crippen LogP contribution in [0.25, 0.3) is 0 Å². The molecule has 1 aromatic carbocycles. The molecule has 12 heavy (non-hydrogen) atoms. The number of hydrogen-bond donors (Lipinski definition) is 0. The third-order valence-electron chi connectivity index (χ3n) is 1.72. The molecule has 62 valence electrons. The first-order valence-electron chi connectivity index (χ1n) is 3.52. The van der Waals surface area contributed by atoms with E-state index >= 15 is 0 Å². The minimum Gasteiger partial charge on any atom is -0.318 e. The minimum atomic E-state index is 0.527. The van der Waals surface area contributed by atoms with Gasteiger partial charge in [-0.1, -0.05) is 12.1 Å². The van der Waals surface area contributed by atoms with Crippen LogP contribution in [0, 0.1) is 0 Å². The molecule has 0 amide bonds. The molecule has 0 radical (unpaired) electrons. The number of amidine groups is 1. The van der Waals surface area contributed by atoms with Crippen LogP contribution in [0.3, 0.4) is 0 Å². The summed E-state index contributed by atoms with van der Waals surface area (Å²) in [6.07, 6.45) is 0. The number of rotatable bonds is 0. The summed E-state index contributed by atoms with van der Waals surface area (Å²) in [7, 11) is 1.91. The average Bonchev–Trinajstić information content (AvgIpc) is 2.12. The van der Waals surface area contributed by atoms with Gasteiger partial charge in [0.1, 0.15) is 0 Å². The first-order valence-corrected chi connectivity index (χ1v) is 4.67. The van der Waals surface area contributed by atoms with Gasteiger partial charge in [0.25, 0.3) is 0 Å². The van der Waals surface area contributed by atoms with E-state index in [0.717, 1.165) is 10.6 Å². The van der Waals surface area contributed by atoms with Crippen molar-refractivity contribution in [3.05, 3.63) is 24.3 Å². The van der Waals surface area contributed by atoms with Crippen LogP contribution in [-0.4, -0.2) is 12.3 Å². The molecule has 1 heterocycles. The normalized spacial score (nSPS) is 15.5. The van der Waals surface area contributed by atoms with E-state index in [1.807, 2.05) is 36.2 Å². The van der Waals surface area contributed by atoms with Crippen molar-refractivity contribution in [3.8, 4) is 0 Å². The van der Waals surface area contributed by atoms with Crippen molar-refractivity contribution in [3.63, 3.8) is 0 Å². The van der Waals surface area contributed by atoms with Gasteiger partial charge in [-0.05, 0) is 23.7 Å². The highest BCUT2D eigenvalue weighted by Gasteiger charge is 2.15. The molecule has 0 N–H and O–H groups in total. The van der Waals surface area contributed by atoms with Gasteiger partial charge in [0.05, 0.1) is 10.6 Å². The summed E-state index contributed by atoms with van der Waals surface area (Å²) < 4.78 is 4.08. The number of anilines is 1. The highest BCUT2D eigenvalue weighted by atomic mass is 35.5. The van der Waals surface area contributed by atoms with Gasteiger partial charge < -0.3 is 4.90 Å². The number of benzene rings is 1. The molecule has 0 bridgehead atoms. The molecular formula is C8H7ClN2S. The summed E-state index contributed by atoms with van der Waals surface area (Å²) in [5.41, 5.74) is 1.11. The number of para-hydroxylation sites is 1. The van der Waals surface area contributed by atoms with Crippen LogP contribution in [0.15, 0.2) is 33.6 Å². The Hall–Kier alpha value is -0.670. The zero-order valence-electron chi connectivity index (χ0n) is 6.49. The Bertz CT molecular complexity index is 338. The monoisotopic (exact) mass is 198 g/mol. The van der Waals surface area contributed by atoms with Crippen LogP contribution >= 0.6 is 23.5 Å². The molecule has 0 unspecified atom stereocenters. The zero-order valence-corrected chi connectivity index (χ0v) is 8.06. The van der Waals surface area contributed by atoms with Crippen molar-refractivity contribution < 1.29 is 0 Å². The maximum atomic E-state index is 5.85. The molecule has 0 fully saturated rings. The van der Waals surface area contributed by atoms with Crippen LogP contribution in [0.4, 0.5) is 5.69 Å². The van der Waals surface area contributed by atoms with E-state index in [1.54, 1.807) is 0 Å². The van der Waals surface area contributed by atoms with Crippen LogP contribution < -0.4 is 4.90 Å². The lowest BCUT2D eigenvalue weighted by Crippen LogP contribution is -2.23. The SMILES string of the molecule is CN1C(Cl)=NSc2ccccc21. The van der Waals surface area contributed by atoms with Crippen LogP contribution in [0.2, 0.25) is 0 Å². The van der Waals surface area contributed by atoms with Gasteiger partial charge in [-0.2, -0.15) is 4.40 Å². The largest absolute Gasteiger partial charge is 0.318 e. The molecule has 0 aromatic heterocycles. The van der Waals surface area contributed by atoms with Crippen LogP contribution in [0.5, 0.6) is 0 Å². The van der Waals surface area contributed by atoms with Gasteiger partial charge in [0, 0.05) is 19.0 Å². The molecule has 4 heteroatoms. The summed E-state index contributed by atoms with van der Waals surface area (Å²) in [5.74, 6) is 0. The topological polar surface area (TPSA) is 15.6 Å². The molecule has 0 atom stereocenters. The molecular weight excluding hydrogens is 192 g/mol. The summed E-state index contributed by atoms with van der Waals surface area (Å²) in [5, 5.41) is 0.527. The maximum absolute atomic E-state index is 5.85. The van der Waals surface area contributed by atoms with Gasteiger partial charge in [-0.15, -0.1) is 0 Å².